The zero-order valence-electron chi connectivity index (χ0n) is 18.6. The first-order valence-corrected chi connectivity index (χ1v) is 11.6. The lowest BCUT2D eigenvalue weighted by Gasteiger charge is -2.37. The number of nitrogens with one attached hydrogen (secondary N) is 1. The fourth-order valence-electron chi connectivity index (χ4n) is 3.53. The number of carbonyl (C=O) groups is 2. The van der Waals surface area contributed by atoms with E-state index in [1.165, 1.54) is 19.2 Å². The Morgan fingerprint density at radius 2 is 1.88 bits per heavy atom. The predicted octanol–water partition coefficient (Wildman–Crippen LogP) is 3.38. The van der Waals surface area contributed by atoms with Crippen LogP contribution in [0.3, 0.4) is 0 Å². The molecule has 180 valence electrons. The smallest absolute Gasteiger partial charge is 0.338 e. The van der Waals surface area contributed by atoms with Crippen molar-refractivity contribution in [2.45, 2.75) is 6.92 Å². The molecule has 0 unspecified atom stereocenters. The van der Waals surface area contributed by atoms with E-state index in [1.807, 2.05) is 9.80 Å². The number of thiocarbonyl (C=S) groups is 1. The molecule has 0 radical (unpaired) electrons. The molecule has 0 bridgehead atoms. The summed E-state index contributed by atoms with van der Waals surface area (Å²) >= 11 is 8.76. The average molecular weight is 551 g/mol. The number of hydrogen-bond acceptors (Lipinski definition) is 8. The summed E-state index contributed by atoms with van der Waals surface area (Å²) in [5, 5.41) is 14.6. The van der Waals surface area contributed by atoms with Gasteiger partial charge in [0.1, 0.15) is 11.4 Å². The van der Waals surface area contributed by atoms with E-state index in [1.54, 1.807) is 31.2 Å². The molecule has 2 aromatic carbocycles. The molecule has 1 amide bonds. The van der Waals surface area contributed by atoms with Crippen LogP contribution < -0.4 is 15.0 Å². The number of methoxy groups -OCH3 is 1. The Bertz CT molecular complexity index is 1120. The molecule has 1 aliphatic rings. The van der Waals surface area contributed by atoms with E-state index < -0.39 is 16.8 Å². The zero-order valence-corrected chi connectivity index (χ0v) is 21.0. The van der Waals surface area contributed by atoms with Gasteiger partial charge in [0.15, 0.2) is 5.11 Å². The molecule has 0 spiro atoms. The van der Waals surface area contributed by atoms with Gasteiger partial charge in [0, 0.05) is 36.7 Å². The Kier molecular flexibility index (Phi) is 8.40. The molecule has 1 aliphatic heterocycles. The summed E-state index contributed by atoms with van der Waals surface area (Å²) in [5.41, 5.74) is 0.709. The first kappa shape index (κ1) is 25.4. The molecule has 2 aromatic rings. The van der Waals surface area contributed by atoms with Gasteiger partial charge < -0.3 is 19.3 Å². The molecule has 0 aliphatic carbocycles. The number of carbonyl (C=O) groups excluding carboxylic acids is 2. The number of amides is 1. The number of rotatable bonds is 6. The van der Waals surface area contributed by atoms with Crippen molar-refractivity contribution in [3.8, 4) is 5.75 Å². The van der Waals surface area contributed by atoms with Gasteiger partial charge >= 0.3 is 5.97 Å². The second-order valence-electron chi connectivity index (χ2n) is 7.26. The number of anilines is 1. The molecule has 12 heteroatoms. The Hall–Kier alpha value is -3.25. The van der Waals surface area contributed by atoms with Crippen molar-refractivity contribution in [2.75, 3.05) is 44.8 Å². The minimum Gasteiger partial charge on any atom is -0.496 e. The first-order chi connectivity index (χ1) is 16.2. The van der Waals surface area contributed by atoms with Gasteiger partial charge in [-0.2, -0.15) is 0 Å². The molecule has 10 nitrogen and oxygen atoms in total. The molecule has 0 saturated carbocycles. The van der Waals surface area contributed by atoms with Crippen molar-refractivity contribution < 1.29 is 24.0 Å². The Morgan fingerprint density at radius 1 is 1.18 bits per heavy atom. The lowest BCUT2D eigenvalue weighted by atomic mass is 10.1. The maximum Gasteiger partial charge on any atom is 0.338 e. The number of nitro groups is 1. The highest BCUT2D eigenvalue weighted by molar-refractivity contribution is 9.10. The Balaban J connectivity index is 1.66. The predicted molar refractivity (Wildman–Crippen MR) is 134 cm³/mol. The van der Waals surface area contributed by atoms with Crippen LogP contribution in [0.2, 0.25) is 0 Å². The van der Waals surface area contributed by atoms with Crippen LogP contribution in [0, 0.1) is 10.1 Å². The van der Waals surface area contributed by atoms with Gasteiger partial charge in [-0.15, -0.1) is 0 Å². The topological polar surface area (TPSA) is 114 Å². The molecule has 0 aromatic heterocycles. The van der Waals surface area contributed by atoms with Crippen molar-refractivity contribution in [1.82, 2.24) is 10.2 Å². The summed E-state index contributed by atoms with van der Waals surface area (Å²) in [6, 6.07) is 9.40. The number of nitrogens with zero attached hydrogens (tertiary/aromatic N) is 3. The summed E-state index contributed by atoms with van der Waals surface area (Å²) in [7, 11) is 1.48. The van der Waals surface area contributed by atoms with Crippen LogP contribution in [-0.2, 0) is 4.74 Å². The molecule has 1 heterocycles. The second kappa shape index (κ2) is 11.3. The van der Waals surface area contributed by atoms with Gasteiger partial charge in [0.2, 0.25) is 0 Å². The highest BCUT2D eigenvalue weighted by atomic mass is 79.9. The van der Waals surface area contributed by atoms with E-state index in [0.29, 0.717) is 43.2 Å². The highest BCUT2D eigenvalue weighted by Crippen LogP contribution is 2.30. The van der Waals surface area contributed by atoms with Crippen molar-refractivity contribution in [2.24, 2.45) is 0 Å². The quantitative estimate of drug-likeness (QED) is 0.250. The summed E-state index contributed by atoms with van der Waals surface area (Å²) in [5.74, 6) is -0.576. The van der Waals surface area contributed by atoms with Gasteiger partial charge in [-0.25, -0.2) is 4.79 Å². The van der Waals surface area contributed by atoms with Crippen molar-refractivity contribution in [3.05, 3.63) is 62.1 Å². The van der Waals surface area contributed by atoms with Gasteiger partial charge in [0.25, 0.3) is 11.6 Å². The van der Waals surface area contributed by atoms with Crippen LogP contribution in [0.15, 0.2) is 40.9 Å². The van der Waals surface area contributed by atoms with Crippen LogP contribution in [0.25, 0.3) is 0 Å². The molecule has 3 rings (SSSR count). The number of hydrogen-bond donors (Lipinski definition) is 1. The standard InChI is InChI=1S/C22H23BrN4O6S/c1-3-33-21(29)14-4-6-17(18(12-14)27(30)31)25-8-10-26(11-9-25)22(34)24-20(28)16-13-15(23)5-7-19(16)32-2/h4-7,12-13H,3,8-11H2,1-2H3,(H,24,28,34). The summed E-state index contributed by atoms with van der Waals surface area (Å²) in [6.45, 7) is 3.63. The third-order valence-electron chi connectivity index (χ3n) is 5.22. The van der Waals surface area contributed by atoms with Gasteiger partial charge in [-0.1, -0.05) is 15.9 Å². The Labute approximate surface area is 210 Å². The van der Waals surface area contributed by atoms with Gasteiger partial charge in [-0.05, 0) is 49.5 Å². The maximum atomic E-state index is 12.7. The first-order valence-electron chi connectivity index (χ1n) is 10.4. The molecular formula is C22H23BrN4O6S. The van der Waals surface area contributed by atoms with Gasteiger partial charge in [-0.3, -0.25) is 20.2 Å². The third-order valence-corrected chi connectivity index (χ3v) is 6.07. The van der Waals surface area contributed by atoms with E-state index in [0.717, 1.165) is 4.47 Å². The number of benzene rings is 2. The molecule has 0 atom stereocenters. The minimum absolute atomic E-state index is 0.128. The monoisotopic (exact) mass is 550 g/mol. The summed E-state index contributed by atoms with van der Waals surface area (Å²) < 4.78 is 10.9. The van der Waals surface area contributed by atoms with Crippen LogP contribution in [0.4, 0.5) is 11.4 Å². The van der Waals surface area contributed by atoms with E-state index in [9.17, 15) is 19.7 Å². The number of piperazine rings is 1. The SMILES string of the molecule is CCOC(=O)c1ccc(N2CCN(C(=S)NC(=O)c3cc(Br)ccc3OC)CC2)c([N+](=O)[O-])c1. The molecular weight excluding hydrogens is 528 g/mol. The van der Waals surface area contributed by atoms with Crippen LogP contribution >= 0.6 is 28.1 Å². The van der Waals surface area contributed by atoms with E-state index in [-0.39, 0.29) is 23.0 Å². The van der Waals surface area contributed by atoms with Crippen molar-refractivity contribution in [1.29, 1.82) is 0 Å². The third kappa shape index (κ3) is 5.81. The van der Waals surface area contributed by atoms with Crippen molar-refractivity contribution >= 4 is 56.5 Å². The zero-order chi connectivity index (χ0) is 24.8. The highest BCUT2D eigenvalue weighted by Gasteiger charge is 2.27. The number of halogens is 1. The van der Waals surface area contributed by atoms with Crippen LogP contribution in [0.5, 0.6) is 5.75 Å². The molecule has 1 saturated heterocycles. The fourth-order valence-corrected chi connectivity index (χ4v) is 4.17. The fraction of sp³-hybridized carbons (Fsp3) is 0.318. The molecule has 1 N–H and O–H groups in total. The maximum absolute atomic E-state index is 12.7. The normalized spacial score (nSPS) is 13.3. The Morgan fingerprint density at radius 3 is 2.50 bits per heavy atom. The van der Waals surface area contributed by atoms with E-state index >= 15 is 0 Å². The van der Waals surface area contributed by atoms with Crippen LogP contribution in [0.1, 0.15) is 27.6 Å². The van der Waals surface area contributed by atoms with Crippen LogP contribution in [-0.4, -0.2) is 66.7 Å². The van der Waals surface area contributed by atoms with E-state index in [4.69, 9.17) is 21.7 Å². The largest absolute Gasteiger partial charge is 0.496 e. The summed E-state index contributed by atoms with van der Waals surface area (Å²) in [6.07, 6.45) is 0. The molecule has 1 fully saturated rings. The van der Waals surface area contributed by atoms with E-state index in [2.05, 4.69) is 21.2 Å². The molecule has 34 heavy (non-hydrogen) atoms. The van der Waals surface area contributed by atoms with Gasteiger partial charge in [0.05, 0.1) is 29.8 Å². The summed E-state index contributed by atoms with van der Waals surface area (Å²) in [4.78, 5) is 39.5. The number of nitro benzene ring substituents is 1. The second-order valence-corrected chi connectivity index (χ2v) is 8.56. The lowest BCUT2D eigenvalue weighted by molar-refractivity contribution is -0.384. The minimum atomic E-state index is -0.606. The number of esters is 1. The average Bonchev–Trinajstić information content (AvgIpc) is 2.83. The lowest BCUT2D eigenvalue weighted by Crippen LogP contribution is -2.52. The number of ether oxygens (including phenoxy) is 2. The van der Waals surface area contributed by atoms with Crippen molar-refractivity contribution in [3.63, 3.8) is 0 Å².